The Morgan fingerprint density at radius 3 is 2.62 bits per heavy atom. The number of rotatable bonds is 3. The van der Waals surface area contributed by atoms with Gasteiger partial charge >= 0.3 is 0 Å². The normalized spacial score (nSPS) is 26.0. The van der Waals surface area contributed by atoms with Crippen molar-refractivity contribution in [3.8, 4) is 0 Å². The second-order valence-corrected chi connectivity index (χ2v) is 3.87. The first-order valence-electron chi connectivity index (χ1n) is 4.72. The SMILES string of the molecule is CCCC1OC1c1ccc(Cl)cc1. The Labute approximate surface area is 83.7 Å². The zero-order valence-electron chi connectivity index (χ0n) is 7.66. The molecule has 0 bridgehead atoms. The van der Waals surface area contributed by atoms with Crippen LogP contribution in [0, 0.1) is 0 Å². The fourth-order valence-corrected chi connectivity index (χ4v) is 1.72. The van der Waals surface area contributed by atoms with Crippen molar-refractivity contribution >= 4 is 11.6 Å². The van der Waals surface area contributed by atoms with Crippen LogP contribution in [-0.4, -0.2) is 6.10 Å². The maximum atomic E-state index is 5.79. The van der Waals surface area contributed by atoms with Crippen LogP contribution in [0.3, 0.4) is 0 Å². The number of epoxide rings is 1. The molecule has 0 amide bonds. The first-order chi connectivity index (χ1) is 6.31. The van der Waals surface area contributed by atoms with Gasteiger partial charge in [-0.1, -0.05) is 37.1 Å². The van der Waals surface area contributed by atoms with Gasteiger partial charge in [-0.25, -0.2) is 0 Å². The molecule has 0 aliphatic carbocycles. The molecule has 1 aliphatic heterocycles. The number of hydrogen-bond donors (Lipinski definition) is 0. The molecule has 0 saturated carbocycles. The predicted octanol–water partition coefficient (Wildman–Crippen LogP) is 3.58. The highest BCUT2D eigenvalue weighted by Gasteiger charge is 2.38. The lowest BCUT2D eigenvalue weighted by atomic mass is 10.1. The molecule has 70 valence electrons. The van der Waals surface area contributed by atoms with Crippen LogP contribution in [0.15, 0.2) is 24.3 Å². The molecule has 2 atom stereocenters. The van der Waals surface area contributed by atoms with Gasteiger partial charge in [-0.3, -0.25) is 0 Å². The number of hydrogen-bond acceptors (Lipinski definition) is 1. The molecule has 0 aromatic heterocycles. The number of ether oxygens (including phenoxy) is 1. The molecular weight excluding hydrogens is 184 g/mol. The lowest BCUT2D eigenvalue weighted by Gasteiger charge is -1.95. The molecule has 0 radical (unpaired) electrons. The van der Waals surface area contributed by atoms with E-state index < -0.39 is 0 Å². The smallest absolute Gasteiger partial charge is 0.109 e. The van der Waals surface area contributed by atoms with Crippen molar-refractivity contribution in [1.82, 2.24) is 0 Å². The van der Waals surface area contributed by atoms with E-state index >= 15 is 0 Å². The molecular formula is C11H13ClO. The third-order valence-corrected chi connectivity index (χ3v) is 2.61. The summed E-state index contributed by atoms with van der Waals surface area (Å²) in [5.74, 6) is 0. The fourth-order valence-electron chi connectivity index (χ4n) is 1.59. The van der Waals surface area contributed by atoms with Crippen LogP contribution < -0.4 is 0 Å². The minimum absolute atomic E-state index is 0.331. The van der Waals surface area contributed by atoms with Gasteiger partial charge in [0.25, 0.3) is 0 Å². The summed E-state index contributed by atoms with van der Waals surface area (Å²) < 4.78 is 5.54. The molecule has 2 rings (SSSR count). The Morgan fingerprint density at radius 2 is 2.00 bits per heavy atom. The van der Waals surface area contributed by atoms with E-state index in [-0.39, 0.29) is 0 Å². The molecule has 13 heavy (non-hydrogen) atoms. The summed E-state index contributed by atoms with van der Waals surface area (Å²) >= 11 is 5.79. The lowest BCUT2D eigenvalue weighted by molar-refractivity contribution is 0.365. The van der Waals surface area contributed by atoms with Crippen molar-refractivity contribution in [3.63, 3.8) is 0 Å². The molecule has 1 aromatic carbocycles. The Hall–Kier alpha value is -0.530. The van der Waals surface area contributed by atoms with E-state index in [0.29, 0.717) is 12.2 Å². The first kappa shape index (κ1) is 9.04. The summed E-state index contributed by atoms with van der Waals surface area (Å²) in [6.07, 6.45) is 3.13. The zero-order valence-corrected chi connectivity index (χ0v) is 8.42. The lowest BCUT2D eigenvalue weighted by Crippen LogP contribution is -1.87. The van der Waals surface area contributed by atoms with E-state index in [4.69, 9.17) is 16.3 Å². The van der Waals surface area contributed by atoms with E-state index in [1.807, 2.05) is 24.3 Å². The van der Waals surface area contributed by atoms with Crippen molar-refractivity contribution < 1.29 is 4.74 Å². The van der Waals surface area contributed by atoms with Gasteiger partial charge in [0, 0.05) is 5.02 Å². The molecule has 2 heteroatoms. The third-order valence-electron chi connectivity index (χ3n) is 2.35. The molecule has 1 aromatic rings. The van der Waals surface area contributed by atoms with Gasteiger partial charge in [0.05, 0.1) is 6.10 Å². The van der Waals surface area contributed by atoms with E-state index in [1.54, 1.807) is 0 Å². The first-order valence-corrected chi connectivity index (χ1v) is 5.10. The second kappa shape index (κ2) is 3.69. The zero-order chi connectivity index (χ0) is 9.26. The number of halogens is 1. The summed E-state index contributed by atoms with van der Waals surface area (Å²) in [6.45, 7) is 2.18. The van der Waals surface area contributed by atoms with Crippen LogP contribution in [-0.2, 0) is 4.74 Å². The summed E-state index contributed by atoms with van der Waals surface area (Å²) in [4.78, 5) is 0. The van der Waals surface area contributed by atoms with Gasteiger partial charge in [0.2, 0.25) is 0 Å². The van der Waals surface area contributed by atoms with Crippen LogP contribution >= 0.6 is 11.6 Å². The van der Waals surface area contributed by atoms with Gasteiger partial charge in [0.1, 0.15) is 6.10 Å². The quantitative estimate of drug-likeness (QED) is 0.674. The Kier molecular flexibility index (Phi) is 2.56. The van der Waals surface area contributed by atoms with E-state index in [2.05, 4.69) is 6.92 Å². The van der Waals surface area contributed by atoms with Crippen LogP contribution in [0.5, 0.6) is 0 Å². The third kappa shape index (κ3) is 2.04. The second-order valence-electron chi connectivity index (χ2n) is 3.44. The van der Waals surface area contributed by atoms with E-state index in [9.17, 15) is 0 Å². The molecule has 1 saturated heterocycles. The number of benzene rings is 1. The summed E-state index contributed by atoms with van der Waals surface area (Å²) in [6, 6.07) is 7.93. The highest BCUT2D eigenvalue weighted by atomic mass is 35.5. The monoisotopic (exact) mass is 196 g/mol. The fraction of sp³-hybridized carbons (Fsp3) is 0.455. The molecule has 0 N–H and O–H groups in total. The average molecular weight is 197 g/mol. The molecule has 2 unspecified atom stereocenters. The highest BCUT2D eigenvalue weighted by Crippen LogP contribution is 2.41. The Balaban J connectivity index is 2.00. The van der Waals surface area contributed by atoms with E-state index in [1.165, 1.54) is 12.0 Å². The summed E-state index contributed by atoms with van der Waals surface area (Å²) in [7, 11) is 0. The van der Waals surface area contributed by atoms with Crippen LogP contribution in [0.25, 0.3) is 0 Å². The maximum absolute atomic E-state index is 5.79. The van der Waals surface area contributed by atoms with Gasteiger partial charge in [-0.15, -0.1) is 0 Å². The molecule has 1 heterocycles. The van der Waals surface area contributed by atoms with Crippen molar-refractivity contribution in [2.24, 2.45) is 0 Å². The van der Waals surface area contributed by atoms with Gasteiger partial charge in [-0.05, 0) is 24.1 Å². The minimum Gasteiger partial charge on any atom is -0.365 e. The van der Waals surface area contributed by atoms with Crippen LogP contribution in [0.2, 0.25) is 5.02 Å². The van der Waals surface area contributed by atoms with Gasteiger partial charge < -0.3 is 4.74 Å². The van der Waals surface area contributed by atoms with E-state index in [0.717, 1.165) is 11.4 Å². The summed E-state index contributed by atoms with van der Waals surface area (Å²) in [5.41, 5.74) is 1.25. The maximum Gasteiger partial charge on any atom is 0.109 e. The van der Waals surface area contributed by atoms with Crippen molar-refractivity contribution in [2.45, 2.75) is 32.0 Å². The van der Waals surface area contributed by atoms with Crippen molar-refractivity contribution in [1.29, 1.82) is 0 Å². The average Bonchev–Trinajstić information content (AvgIpc) is 2.86. The molecule has 1 fully saturated rings. The van der Waals surface area contributed by atoms with Gasteiger partial charge in [-0.2, -0.15) is 0 Å². The predicted molar refractivity (Wildman–Crippen MR) is 54.0 cm³/mol. The molecule has 1 aliphatic rings. The Bertz CT molecular complexity index is 281. The summed E-state index contributed by atoms with van der Waals surface area (Å²) in [5, 5.41) is 0.788. The highest BCUT2D eigenvalue weighted by molar-refractivity contribution is 6.30. The Morgan fingerprint density at radius 1 is 1.31 bits per heavy atom. The minimum atomic E-state index is 0.331. The van der Waals surface area contributed by atoms with Crippen LogP contribution in [0.4, 0.5) is 0 Å². The van der Waals surface area contributed by atoms with Crippen molar-refractivity contribution in [2.75, 3.05) is 0 Å². The van der Waals surface area contributed by atoms with Gasteiger partial charge in [0.15, 0.2) is 0 Å². The molecule has 1 nitrogen and oxygen atoms in total. The van der Waals surface area contributed by atoms with Crippen molar-refractivity contribution in [3.05, 3.63) is 34.9 Å². The topological polar surface area (TPSA) is 12.5 Å². The molecule has 0 spiro atoms. The standard InChI is InChI=1S/C11H13ClO/c1-2-3-10-11(13-10)8-4-6-9(12)7-5-8/h4-7,10-11H,2-3H2,1H3. The largest absolute Gasteiger partial charge is 0.365 e. The van der Waals surface area contributed by atoms with Crippen LogP contribution in [0.1, 0.15) is 31.4 Å².